The monoisotopic (exact) mass is 241 g/mol. The number of carbonyl (C=O) groups excluding carboxylic acids is 1. The predicted molar refractivity (Wildman–Crippen MR) is 74.7 cm³/mol. The number of nitrogen functional groups attached to an aromatic ring is 1. The van der Waals surface area contributed by atoms with Crippen LogP contribution in [0.2, 0.25) is 0 Å². The molecule has 0 aliphatic carbocycles. The molecule has 0 aliphatic rings. The Kier molecular flexibility index (Phi) is 3.48. The Hall–Kier alpha value is -2.49. The van der Waals surface area contributed by atoms with Crippen molar-refractivity contribution < 1.29 is 4.79 Å². The number of amides is 2. The normalized spacial score (nSPS) is 9.83. The zero-order valence-electron chi connectivity index (χ0n) is 10.1. The molecule has 0 atom stereocenters. The average molecular weight is 241 g/mol. The second kappa shape index (κ2) is 5.23. The molecule has 0 saturated carbocycles. The number of rotatable bonds is 2. The lowest BCUT2D eigenvalue weighted by molar-refractivity contribution is 0.262. The van der Waals surface area contributed by atoms with Crippen molar-refractivity contribution in [1.29, 1.82) is 0 Å². The maximum Gasteiger partial charge on any atom is 0.323 e. The van der Waals surface area contributed by atoms with Crippen LogP contribution in [0.15, 0.2) is 48.5 Å². The van der Waals surface area contributed by atoms with Crippen LogP contribution in [0, 0.1) is 6.92 Å². The van der Waals surface area contributed by atoms with Gasteiger partial charge in [-0.3, -0.25) is 0 Å². The van der Waals surface area contributed by atoms with Gasteiger partial charge in [0.2, 0.25) is 0 Å². The fourth-order valence-electron chi connectivity index (χ4n) is 1.58. The molecule has 2 aromatic carbocycles. The summed E-state index contributed by atoms with van der Waals surface area (Å²) in [5, 5.41) is 5.50. The number of hydrogen-bond donors (Lipinski definition) is 3. The van der Waals surface area contributed by atoms with E-state index in [4.69, 9.17) is 5.73 Å². The van der Waals surface area contributed by atoms with Crippen LogP contribution in [0.3, 0.4) is 0 Å². The summed E-state index contributed by atoms with van der Waals surface area (Å²) in [4.78, 5) is 11.7. The molecule has 0 spiro atoms. The zero-order valence-corrected chi connectivity index (χ0v) is 10.1. The van der Waals surface area contributed by atoms with E-state index in [-0.39, 0.29) is 6.03 Å². The first-order valence-corrected chi connectivity index (χ1v) is 5.64. The van der Waals surface area contributed by atoms with E-state index in [0.29, 0.717) is 11.4 Å². The Morgan fingerprint density at radius 3 is 2.33 bits per heavy atom. The highest BCUT2D eigenvalue weighted by Crippen LogP contribution is 2.12. The van der Waals surface area contributed by atoms with E-state index in [1.165, 1.54) is 0 Å². The van der Waals surface area contributed by atoms with Crippen LogP contribution in [0.4, 0.5) is 21.9 Å². The van der Waals surface area contributed by atoms with E-state index in [1.807, 2.05) is 31.2 Å². The second-order valence-electron chi connectivity index (χ2n) is 4.07. The van der Waals surface area contributed by atoms with Gasteiger partial charge in [0, 0.05) is 17.1 Å². The minimum atomic E-state index is -0.273. The Labute approximate surface area is 106 Å². The number of carbonyl (C=O) groups is 1. The highest BCUT2D eigenvalue weighted by Gasteiger charge is 2.02. The van der Waals surface area contributed by atoms with Crippen molar-refractivity contribution in [2.75, 3.05) is 16.4 Å². The van der Waals surface area contributed by atoms with Crippen LogP contribution in [0.25, 0.3) is 0 Å². The summed E-state index contributed by atoms with van der Waals surface area (Å²) < 4.78 is 0. The van der Waals surface area contributed by atoms with E-state index in [0.717, 1.165) is 11.3 Å². The van der Waals surface area contributed by atoms with Gasteiger partial charge in [0.15, 0.2) is 0 Å². The van der Waals surface area contributed by atoms with Gasteiger partial charge >= 0.3 is 6.03 Å². The van der Waals surface area contributed by atoms with Crippen molar-refractivity contribution in [2.24, 2.45) is 0 Å². The SMILES string of the molecule is Cc1cccc(NC(=O)Nc2ccc(N)cc2)c1. The maximum absolute atomic E-state index is 11.7. The van der Waals surface area contributed by atoms with Crippen LogP contribution in [0.1, 0.15) is 5.56 Å². The first-order valence-electron chi connectivity index (χ1n) is 5.64. The number of benzene rings is 2. The van der Waals surface area contributed by atoms with E-state index in [1.54, 1.807) is 24.3 Å². The molecule has 2 amide bonds. The van der Waals surface area contributed by atoms with Gasteiger partial charge in [-0.15, -0.1) is 0 Å². The van der Waals surface area contributed by atoms with Gasteiger partial charge in [0.05, 0.1) is 0 Å². The number of urea groups is 1. The smallest absolute Gasteiger partial charge is 0.323 e. The summed E-state index contributed by atoms with van der Waals surface area (Å²) in [6.07, 6.45) is 0. The van der Waals surface area contributed by atoms with Crippen molar-refractivity contribution in [3.8, 4) is 0 Å². The van der Waals surface area contributed by atoms with Gasteiger partial charge in [0.25, 0.3) is 0 Å². The topological polar surface area (TPSA) is 67.2 Å². The number of anilines is 3. The number of nitrogens with two attached hydrogens (primary N) is 1. The first-order chi connectivity index (χ1) is 8.63. The molecule has 0 heterocycles. The Bertz CT molecular complexity index is 549. The lowest BCUT2D eigenvalue weighted by Gasteiger charge is -2.08. The number of nitrogens with one attached hydrogen (secondary N) is 2. The van der Waals surface area contributed by atoms with Crippen molar-refractivity contribution in [2.45, 2.75) is 6.92 Å². The largest absolute Gasteiger partial charge is 0.399 e. The predicted octanol–water partition coefficient (Wildman–Crippen LogP) is 3.22. The Balaban J connectivity index is 1.98. The third kappa shape index (κ3) is 3.25. The molecular weight excluding hydrogens is 226 g/mol. The summed E-state index contributed by atoms with van der Waals surface area (Å²) in [6.45, 7) is 1.98. The molecule has 0 radical (unpaired) electrons. The third-order valence-electron chi connectivity index (χ3n) is 2.44. The Morgan fingerprint density at radius 1 is 1.00 bits per heavy atom. The molecule has 0 bridgehead atoms. The highest BCUT2D eigenvalue weighted by molar-refractivity contribution is 5.99. The molecule has 4 N–H and O–H groups in total. The van der Waals surface area contributed by atoms with E-state index >= 15 is 0 Å². The van der Waals surface area contributed by atoms with Crippen molar-refractivity contribution in [1.82, 2.24) is 0 Å². The molecule has 0 saturated heterocycles. The van der Waals surface area contributed by atoms with Gasteiger partial charge < -0.3 is 16.4 Å². The summed E-state index contributed by atoms with van der Waals surface area (Å²) in [5.74, 6) is 0. The molecule has 2 rings (SSSR count). The lowest BCUT2D eigenvalue weighted by Crippen LogP contribution is -2.19. The molecule has 4 nitrogen and oxygen atoms in total. The highest BCUT2D eigenvalue weighted by atomic mass is 16.2. The zero-order chi connectivity index (χ0) is 13.0. The summed E-state index contributed by atoms with van der Waals surface area (Å²) >= 11 is 0. The van der Waals surface area contributed by atoms with E-state index in [2.05, 4.69) is 10.6 Å². The minimum Gasteiger partial charge on any atom is -0.399 e. The van der Waals surface area contributed by atoms with Crippen LogP contribution < -0.4 is 16.4 Å². The quantitative estimate of drug-likeness (QED) is 0.707. The van der Waals surface area contributed by atoms with Gasteiger partial charge in [-0.05, 0) is 48.9 Å². The minimum absolute atomic E-state index is 0.273. The van der Waals surface area contributed by atoms with E-state index in [9.17, 15) is 4.79 Å². The van der Waals surface area contributed by atoms with Crippen LogP contribution in [0.5, 0.6) is 0 Å². The van der Waals surface area contributed by atoms with Crippen molar-refractivity contribution in [3.63, 3.8) is 0 Å². The Morgan fingerprint density at radius 2 is 1.67 bits per heavy atom. The average Bonchev–Trinajstić information content (AvgIpc) is 2.32. The number of hydrogen-bond acceptors (Lipinski definition) is 2. The van der Waals surface area contributed by atoms with Crippen LogP contribution in [-0.2, 0) is 0 Å². The summed E-state index contributed by atoms with van der Waals surface area (Å²) in [7, 11) is 0. The van der Waals surface area contributed by atoms with Crippen molar-refractivity contribution in [3.05, 3.63) is 54.1 Å². The molecule has 0 aliphatic heterocycles. The molecule has 4 heteroatoms. The standard InChI is InChI=1S/C14H15N3O/c1-10-3-2-4-13(9-10)17-14(18)16-12-7-5-11(15)6-8-12/h2-9H,15H2,1H3,(H2,16,17,18). The second-order valence-corrected chi connectivity index (χ2v) is 4.07. The molecule has 0 aromatic heterocycles. The maximum atomic E-state index is 11.7. The van der Waals surface area contributed by atoms with Crippen molar-refractivity contribution >= 4 is 23.1 Å². The van der Waals surface area contributed by atoms with Gasteiger partial charge in [-0.1, -0.05) is 12.1 Å². The first kappa shape index (κ1) is 12.0. The van der Waals surface area contributed by atoms with Gasteiger partial charge in [0.1, 0.15) is 0 Å². The fraction of sp³-hybridized carbons (Fsp3) is 0.0714. The lowest BCUT2D eigenvalue weighted by atomic mass is 10.2. The molecule has 18 heavy (non-hydrogen) atoms. The molecule has 0 unspecified atom stereocenters. The summed E-state index contributed by atoms with van der Waals surface area (Å²) in [5.41, 5.74) is 8.80. The van der Waals surface area contributed by atoms with Crippen LogP contribution >= 0.6 is 0 Å². The number of aryl methyl sites for hydroxylation is 1. The molecule has 92 valence electrons. The van der Waals surface area contributed by atoms with E-state index < -0.39 is 0 Å². The fourth-order valence-corrected chi connectivity index (χ4v) is 1.58. The third-order valence-corrected chi connectivity index (χ3v) is 2.44. The van der Waals surface area contributed by atoms with Crippen LogP contribution in [-0.4, -0.2) is 6.03 Å². The summed E-state index contributed by atoms with van der Waals surface area (Å²) in [6, 6.07) is 14.3. The molecule has 2 aromatic rings. The molecular formula is C14H15N3O. The van der Waals surface area contributed by atoms with Gasteiger partial charge in [-0.25, -0.2) is 4.79 Å². The molecule has 0 fully saturated rings. The van der Waals surface area contributed by atoms with Gasteiger partial charge in [-0.2, -0.15) is 0 Å².